The van der Waals surface area contributed by atoms with Crippen molar-refractivity contribution in [3.63, 3.8) is 0 Å². The van der Waals surface area contributed by atoms with Crippen LogP contribution in [0.15, 0.2) is 12.7 Å². The molecule has 4 nitrogen and oxygen atoms in total. The fourth-order valence-electron chi connectivity index (χ4n) is 0.693. The van der Waals surface area contributed by atoms with E-state index in [1.54, 1.807) is 6.08 Å². The summed E-state index contributed by atoms with van der Waals surface area (Å²) in [5.74, 6) is -1.13. The zero-order valence-electron chi connectivity index (χ0n) is 7.22. The molecular weight excluding hydrogens is 192 g/mol. The smallest absolute Gasteiger partial charge is 0.319 e. The van der Waals surface area contributed by atoms with Crippen LogP contribution in [0.5, 0.6) is 0 Å². The Morgan fingerprint density at radius 1 is 1.69 bits per heavy atom. The van der Waals surface area contributed by atoms with Crippen molar-refractivity contribution in [1.29, 1.82) is 0 Å². The van der Waals surface area contributed by atoms with Gasteiger partial charge in [0.25, 0.3) is 0 Å². The van der Waals surface area contributed by atoms with Gasteiger partial charge in [-0.1, -0.05) is 6.08 Å². The standard InChI is InChI=1S/C8H14O4S/c1-2-4-12-5-3-6(9)7(13)8(10)11/h2,6-7,9,13H,1,3-5H2,(H,10,11). The first kappa shape index (κ1) is 12.5. The fourth-order valence-corrected chi connectivity index (χ4v) is 0.842. The van der Waals surface area contributed by atoms with Crippen LogP contribution in [0.3, 0.4) is 0 Å². The largest absolute Gasteiger partial charge is 0.480 e. The summed E-state index contributed by atoms with van der Waals surface area (Å²) < 4.78 is 4.98. The second-order valence-electron chi connectivity index (χ2n) is 2.50. The molecule has 0 aliphatic carbocycles. The molecule has 0 saturated heterocycles. The quantitative estimate of drug-likeness (QED) is 0.319. The van der Waals surface area contributed by atoms with Crippen LogP contribution >= 0.6 is 12.6 Å². The highest BCUT2D eigenvalue weighted by Crippen LogP contribution is 2.06. The maximum Gasteiger partial charge on any atom is 0.319 e. The third-order valence-electron chi connectivity index (χ3n) is 1.41. The summed E-state index contributed by atoms with van der Waals surface area (Å²) in [6.07, 6.45) is 0.862. The lowest BCUT2D eigenvalue weighted by Gasteiger charge is -2.13. The number of thiol groups is 1. The van der Waals surface area contributed by atoms with Crippen LogP contribution in [-0.4, -0.2) is 40.8 Å². The minimum atomic E-state index is -1.13. The molecule has 0 fully saturated rings. The molecule has 0 amide bonds. The molecule has 0 saturated carbocycles. The van der Waals surface area contributed by atoms with Crippen molar-refractivity contribution in [3.05, 3.63) is 12.7 Å². The van der Waals surface area contributed by atoms with E-state index in [1.165, 1.54) is 0 Å². The van der Waals surface area contributed by atoms with Crippen molar-refractivity contribution >= 4 is 18.6 Å². The molecule has 0 spiro atoms. The Bertz CT molecular complexity index is 172. The molecule has 0 aromatic carbocycles. The molecule has 0 radical (unpaired) electrons. The second kappa shape index (κ2) is 6.94. The highest BCUT2D eigenvalue weighted by atomic mass is 32.1. The Hall–Kier alpha value is -0.520. The Kier molecular flexibility index (Phi) is 6.66. The number of ether oxygens (including phenoxy) is 1. The lowest BCUT2D eigenvalue weighted by molar-refractivity contribution is -0.138. The van der Waals surface area contributed by atoms with Gasteiger partial charge in [-0.2, -0.15) is 12.6 Å². The van der Waals surface area contributed by atoms with Gasteiger partial charge < -0.3 is 14.9 Å². The maximum atomic E-state index is 10.3. The van der Waals surface area contributed by atoms with E-state index < -0.39 is 17.3 Å². The molecule has 0 heterocycles. The number of carboxylic acid groups (broad SMARTS) is 1. The summed E-state index contributed by atoms with van der Waals surface area (Å²) in [4.78, 5) is 10.3. The normalized spacial score (nSPS) is 14.9. The van der Waals surface area contributed by atoms with Gasteiger partial charge in [-0.25, -0.2) is 0 Å². The van der Waals surface area contributed by atoms with E-state index in [2.05, 4.69) is 19.2 Å². The average molecular weight is 206 g/mol. The van der Waals surface area contributed by atoms with Gasteiger partial charge in [-0.15, -0.1) is 6.58 Å². The number of aliphatic hydroxyl groups excluding tert-OH is 1. The minimum Gasteiger partial charge on any atom is -0.480 e. The Labute approximate surface area is 82.6 Å². The van der Waals surface area contributed by atoms with Crippen molar-refractivity contribution in [1.82, 2.24) is 0 Å². The van der Waals surface area contributed by atoms with Crippen molar-refractivity contribution in [2.24, 2.45) is 0 Å². The average Bonchev–Trinajstić information content (AvgIpc) is 2.10. The van der Waals surface area contributed by atoms with Crippen molar-refractivity contribution in [3.8, 4) is 0 Å². The first-order valence-corrected chi connectivity index (χ1v) is 4.38. The Balaban J connectivity index is 3.55. The lowest BCUT2D eigenvalue weighted by atomic mass is 10.2. The Morgan fingerprint density at radius 2 is 2.31 bits per heavy atom. The van der Waals surface area contributed by atoms with Crippen LogP contribution in [0.25, 0.3) is 0 Å². The molecule has 2 N–H and O–H groups in total. The van der Waals surface area contributed by atoms with Gasteiger partial charge in [-0.3, -0.25) is 4.79 Å². The lowest BCUT2D eigenvalue weighted by Crippen LogP contribution is -2.30. The molecule has 76 valence electrons. The van der Waals surface area contributed by atoms with Gasteiger partial charge in [0.15, 0.2) is 0 Å². The highest BCUT2D eigenvalue weighted by molar-refractivity contribution is 7.81. The number of aliphatic carboxylic acids is 1. The first-order chi connectivity index (χ1) is 6.09. The highest BCUT2D eigenvalue weighted by Gasteiger charge is 2.21. The van der Waals surface area contributed by atoms with Crippen LogP contribution in [0.2, 0.25) is 0 Å². The van der Waals surface area contributed by atoms with E-state index >= 15 is 0 Å². The third kappa shape index (κ3) is 5.68. The van der Waals surface area contributed by atoms with Crippen LogP contribution < -0.4 is 0 Å². The number of carbonyl (C=O) groups is 1. The predicted molar refractivity (Wildman–Crippen MR) is 52.0 cm³/mol. The number of carboxylic acids is 1. The molecule has 13 heavy (non-hydrogen) atoms. The van der Waals surface area contributed by atoms with Crippen LogP contribution in [-0.2, 0) is 9.53 Å². The number of hydrogen-bond donors (Lipinski definition) is 3. The minimum absolute atomic E-state index is 0.258. The molecule has 0 aromatic rings. The fraction of sp³-hybridized carbons (Fsp3) is 0.625. The Morgan fingerprint density at radius 3 is 2.77 bits per heavy atom. The molecule has 0 aliphatic heterocycles. The zero-order chi connectivity index (χ0) is 10.3. The van der Waals surface area contributed by atoms with Gasteiger partial charge in [0.1, 0.15) is 5.25 Å². The van der Waals surface area contributed by atoms with Crippen LogP contribution in [0.1, 0.15) is 6.42 Å². The summed E-state index contributed by atoms with van der Waals surface area (Å²) in [5.41, 5.74) is 0. The van der Waals surface area contributed by atoms with E-state index in [-0.39, 0.29) is 6.42 Å². The summed E-state index contributed by atoms with van der Waals surface area (Å²) in [6, 6.07) is 0. The van der Waals surface area contributed by atoms with Crippen molar-refractivity contribution in [2.75, 3.05) is 13.2 Å². The molecule has 5 heteroatoms. The topological polar surface area (TPSA) is 66.8 Å². The summed E-state index contributed by atoms with van der Waals surface area (Å²) in [7, 11) is 0. The molecule has 0 rings (SSSR count). The zero-order valence-corrected chi connectivity index (χ0v) is 8.11. The summed E-state index contributed by atoms with van der Waals surface area (Å²) >= 11 is 3.72. The van der Waals surface area contributed by atoms with Gasteiger partial charge in [-0.05, 0) is 6.42 Å². The number of rotatable bonds is 7. The predicted octanol–water partition coefficient (Wildman–Crippen LogP) is 0.323. The molecule has 0 bridgehead atoms. The first-order valence-electron chi connectivity index (χ1n) is 3.87. The third-order valence-corrected chi connectivity index (χ3v) is 1.98. The van der Waals surface area contributed by atoms with E-state index in [4.69, 9.17) is 9.84 Å². The van der Waals surface area contributed by atoms with Crippen LogP contribution in [0, 0.1) is 0 Å². The van der Waals surface area contributed by atoms with Gasteiger partial charge in [0.2, 0.25) is 0 Å². The SMILES string of the molecule is C=CCOCCC(O)C(S)C(=O)O. The van der Waals surface area contributed by atoms with Gasteiger partial charge >= 0.3 is 5.97 Å². The van der Waals surface area contributed by atoms with Gasteiger partial charge in [0.05, 0.1) is 12.7 Å². The van der Waals surface area contributed by atoms with E-state index in [0.717, 1.165) is 0 Å². The molecule has 0 aliphatic rings. The molecular formula is C8H14O4S. The van der Waals surface area contributed by atoms with E-state index in [9.17, 15) is 9.90 Å². The maximum absolute atomic E-state index is 10.3. The molecule has 0 aromatic heterocycles. The van der Waals surface area contributed by atoms with Crippen LogP contribution in [0.4, 0.5) is 0 Å². The summed E-state index contributed by atoms with van der Waals surface area (Å²) in [6.45, 7) is 4.15. The van der Waals surface area contributed by atoms with E-state index in [1.807, 2.05) is 0 Å². The number of aliphatic hydroxyl groups is 1. The van der Waals surface area contributed by atoms with E-state index in [0.29, 0.717) is 13.2 Å². The van der Waals surface area contributed by atoms with Crippen molar-refractivity contribution < 1.29 is 19.7 Å². The van der Waals surface area contributed by atoms with Gasteiger partial charge in [0, 0.05) is 6.61 Å². The number of hydrogen-bond acceptors (Lipinski definition) is 4. The van der Waals surface area contributed by atoms with Crippen molar-refractivity contribution in [2.45, 2.75) is 17.8 Å². The monoisotopic (exact) mass is 206 g/mol. The second-order valence-corrected chi connectivity index (χ2v) is 3.06. The molecule has 2 atom stereocenters. The summed E-state index contributed by atoms with van der Waals surface area (Å²) in [5, 5.41) is 16.6. The molecule has 2 unspecified atom stereocenters.